The van der Waals surface area contributed by atoms with Crippen LogP contribution >= 0.6 is 0 Å². The first-order chi connectivity index (χ1) is 10.5. The highest BCUT2D eigenvalue weighted by atomic mass is 16.5. The van der Waals surface area contributed by atoms with Crippen LogP contribution in [0.2, 0.25) is 0 Å². The minimum Gasteiger partial charge on any atom is -0.390 e. The van der Waals surface area contributed by atoms with Gasteiger partial charge in [0.2, 0.25) is 5.91 Å². The van der Waals surface area contributed by atoms with E-state index in [0.717, 1.165) is 51.6 Å². The quantitative estimate of drug-likeness (QED) is 0.872. The third-order valence-electron chi connectivity index (χ3n) is 6.25. The minimum atomic E-state index is -0.561. The molecule has 1 spiro atoms. The maximum atomic E-state index is 12.4. The van der Waals surface area contributed by atoms with E-state index in [1.165, 1.54) is 25.7 Å². The number of hydrogen-bond donors (Lipinski definition) is 1. The summed E-state index contributed by atoms with van der Waals surface area (Å²) >= 11 is 0. The van der Waals surface area contributed by atoms with Crippen LogP contribution in [0.3, 0.4) is 0 Å². The van der Waals surface area contributed by atoms with Crippen molar-refractivity contribution >= 4 is 5.91 Å². The zero-order chi connectivity index (χ0) is 15.6. The van der Waals surface area contributed by atoms with Crippen molar-refractivity contribution in [2.75, 3.05) is 19.7 Å². The van der Waals surface area contributed by atoms with Gasteiger partial charge in [-0.1, -0.05) is 19.8 Å². The van der Waals surface area contributed by atoms with Crippen molar-refractivity contribution in [2.24, 2.45) is 5.92 Å². The van der Waals surface area contributed by atoms with E-state index in [1.807, 2.05) is 4.90 Å². The third kappa shape index (κ3) is 3.48. The van der Waals surface area contributed by atoms with Crippen LogP contribution in [-0.4, -0.2) is 46.8 Å². The van der Waals surface area contributed by atoms with Crippen LogP contribution in [0.1, 0.15) is 71.1 Å². The largest absolute Gasteiger partial charge is 0.390 e. The lowest BCUT2D eigenvalue weighted by Gasteiger charge is -2.49. The number of carbonyl (C=O) groups is 1. The Morgan fingerprint density at radius 1 is 1.23 bits per heavy atom. The van der Waals surface area contributed by atoms with Crippen molar-refractivity contribution in [1.29, 1.82) is 0 Å². The molecule has 0 radical (unpaired) electrons. The summed E-state index contributed by atoms with van der Waals surface area (Å²) in [4.78, 5) is 14.5. The van der Waals surface area contributed by atoms with Gasteiger partial charge in [-0.15, -0.1) is 0 Å². The van der Waals surface area contributed by atoms with Gasteiger partial charge < -0.3 is 14.7 Å². The Morgan fingerprint density at radius 3 is 2.55 bits per heavy atom. The first-order valence-electron chi connectivity index (χ1n) is 9.18. The monoisotopic (exact) mass is 309 g/mol. The molecule has 1 aliphatic carbocycles. The van der Waals surface area contributed by atoms with Gasteiger partial charge in [-0.05, 0) is 44.4 Å². The topological polar surface area (TPSA) is 49.8 Å². The molecule has 0 aromatic heterocycles. The van der Waals surface area contributed by atoms with Gasteiger partial charge in [0.15, 0.2) is 0 Å². The van der Waals surface area contributed by atoms with Gasteiger partial charge in [0.1, 0.15) is 0 Å². The van der Waals surface area contributed by atoms with E-state index in [2.05, 4.69) is 6.92 Å². The van der Waals surface area contributed by atoms with Crippen molar-refractivity contribution < 1.29 is 14.6 Å². The van der Waals surface area contributed by atoms with Crippen LogP contribution in [0, 0.1) is 5.92 Å². The predicted octanol–water partition coefficient (Wildman–Crippen LogP) is 2.88. The Bertz CT molecular complexity index is 397. The van der Waals surface area contributed by atoms with Crippen molar-refractivity contribution in [3.8, 4) is 0 Å². The molecule has 4 nitrogen and oxygen atoms in total. The number of amides is 1. The SMILES string of the molecule is CCC1(O)CCOC2(CCN(C(=O)CC3CCCC3)CC2)C1. The molecule has 1 saturated carbocycles. The van der Waals surface area contributed by atoms with Gasteiger partial charge >= 0.3 is 0 Å². The Morgan fingerprint density at radius 2 is 1.91 bits per heavy atom. The summed E-state index contributed by atoms with van der Waals surface area (Å²) in [5.74, 6) is 0.961. The molecule has 4 heteroatoms. The van der Waals surface area contributed by atoms with Crippen LogP contribution in [0.25, 0.3) is 0 Å². The van der Waals surface area contributed by atoms with Crippen LogP contribution in [-0.2, 0) is 9.53 Å². The van der Waals surface area contributed by atoms with Crippen molar-refractivity contribution in [2.45, 2.75) is 82.3 Å². The summed E-state index contributed by atoms with van der Waals surface area (Å²) in [6, 6.07) is 0. The second-order valence-electron chi connectivity index (χ2n) is 7.77. The number of carbonyl (C=O) groups excluding carboxylic acids is 1. The number of ether oxygens (including phenoxy) is 1. The molecule has 2 saturated heterocycles. The van der Waals surface area contributed by atoms with Gasteiger partial charge in [-0.3, -0.25) is 4.79 Å². The summed E-state index contributed by atoms with van der Waals surface area (Å²) in [5, 5.41) is 10.6. The number of aliphatic hydroxyl groups is 1. The fourth-order valence-electron chi connectivity index (χ4n) is 4.57. The molecule has 126 valence electrons. The van der Waals surface area contributed by atoms with Gasteiger partial charge in [0, 0.05) is 25.9 Å². The molecule has 0 aromatic rings. The number of nitrogens with zero attached hydrogens (tertiary/aromatic N) is 1. The summed E-state index contributed by atoms with van der Waals surface area (Å²) in [6.07, 6.45) is 9.84. The van der Waals surface area contributed by atoms with Crippen LogP contribution in [0.4, 0.5) is 0 Å². The second-order valence-corrected chi connectivity index (χ2v) is 7.77. The average Bonchev–Trinajstić information content (AvgIpc) is 3.01. The second kappa shape index (κ2) is 6.48. The molecule has 2 heterocycles. The first kappa shape index (κ1) is 16.3. The lowest BCUT2D eigenvalue weighted by molar-refractivity contribution is -0.181. The fourth-order valence-corrected chi connectivity index (χ4v) is 4.57. The molecule has 22 heavy (non-hydrogen) atoms. The van der Waals surface area contributed by atoms with Crippen molar-refractivity contribution in [3.05, 3.63) is 0 Å². The lowest BCUT2D eigenvalue weighted by atomic mass is 9.76. The molecular formula is C18H31NO3. The van der Waals surface area contributed by atoms with Crippen molar-refractivity contribution in [3.63, 3.8) is 0 Å². The van der Waals surface area contributed by atoms with Crippen LogP contribution in [0.15, 0.2) is 0 Å². The molecule has 3 aliphatic rings. The van der Waals surface area contributed by atoms with E-state index in [4.69, 9.17) is 4.74 Å². The van der Waals surface area contributed by atoms with E-state index >= 15 is 0 Å². The Hall–Kier alpha value is -0.610. The van der Waals surface area contributed by atoms with E-state index in [1.54, 1.807) is 0 Å². The zero-order valence-electron chi connectivity index (χ0n) is 14.0. The maximum absolute atomic E-state index is 12.4. The predicted molar refractivity (Wildman–Crippen MR) is 85.5 cm³/mol. The van der Waals surface area contributed by atoms with Gasteiger partial charge in [-0.2, -0.15) is 0 Å². The van der Waals surface area contributed by atoms with E-state index < -0.39 is 5.60 Å². The zero-order valence-corrected chi connectivity index (χ0v) is 14.0. The number of hydrogen-bond acceptors (Lipinski definition) is 3. The summed E-state index contributed by atoms with van der Waals surface area (Å²) in [6.45, 7) is 4.30. The Kier molecular flexibility index (Phi) is 4.79. The number of rotatable bonds is 3. The van der Waals surface area contributed by atoms with E-state index in [0.29, 0.717) is 18.4 Å². The molecule has 1 atom stereocenters. The summed E-state index contributed by atoms with van der Waals surface area (Å²) < 4.78 is 6.07. The van der Waals surface area contributed by atoms with Crippen LogP contribution < -0.4 is 0 Å². The van der Waals surface area contributed by atoms with Gasteiger partial charge in [0.25, 0.3) is 0 Å². The molecule has 1 unspecified atom stereocenters. The van der Waals surface area contributed by atoms with E-state index in [9.17, 15) is 9.90 Å². The normalized spacial score (nSPS) is 32.5. The van der Waals surface area contributed by atoms with E-state index in [-0.39, 0.29) is 5.60 Å². The molecule has 0 bridgehead atoms. The highest BCUT2D eigenvalue weighted by Gasteiger charge is 2.46. The molecule has 0 aromatic carbocycles. The molecule has 3 fully saturated rings. The molecule has 1 N–H and O–H groups in total. The van der Waals surface area contributed by atoms with Gasteiger partial charge in [-0.25, -0.2) is 0 Å². The smallest absolute Gasteiger partial charge is 0.222 e. The molecular weight excluding hydrogens is 278 g/mol. The summed E-state index contributed by atoms with van der Waals surface area (Å²) in [7, 11) is 0. The Labute approximate surface area is 134 Å². The number of piperidine rings is 1. The summed E-state index contributed by atoms with van der Waals surface area (Å²) in [5.41, 5.74) is -0.749. The molecule has 3 rings (SSSR count). The molecule has 1 amide bonds. The standard InChI is InChI=1S/C18H31NO3/c1-2-17(21)9-12-22-18(14-17)7-10-19(11-8-18)16(20)13-15-5-3-4-6-15/h15,21H,2-14H2,1H3. The third-order valence-corrected chi connectivity index (χ3v) is 6.25. The minimum absolute atomic E-state index is 0.187. The highest BCUT2D eigenvalue weighted by molar-refractivity contribution is 5.76. The lowest BCUT2D eigenvalue weighted by Crippen LogP contribution is -2.55. The maximum Gasteiger partial charge on any atom is 0.222 e. The Balaban J connectivity index is 1.52. The van der Waals surface area contributed by atoms with Gasteiger partial charge in [0.05, 0.1) is 17.8 Å². The highest BCUT2D eigenvalue weighted by Crippen LogP contribution is 2.41. The average molecular weight is 309 g/mol. The van der Waals surface area contributed by atoms with Crippen molar-refractivity contribution in [1.82, 2.24) is 4.90 Å². The van der Waals surface area contributed by atoms with Crippen LogP contribution in [0.5, 0.6) is 0 Å². The first-order valence-corrected chi connectivity index (χ1v) is 9.18. The number of likely N-dealkylation sites (tertiary alicyclic amines) is 1. The molecule has 2 aliphatic heterocycles. The fraction of sp³-hybridized carbons (Fsp3) is 0.944.